The molecule has 0 spiro atoms. The summed E-state index contributed by atoms with van der Waals surface area (Å²) in [6.45, 7) is 7.39. The number of fused-ring (bicyclic) bond motifs is 3. The molecule has 0 radical (unpaired) electrons. The van der Waals surface area contributed by atoms with Crippen molar-refractivity contribution in [3.05, 3.63) is 227 Å². The topological polar surface area (TPSA) is 304 Å². The third-order valence-electron chi connectivity index (χ3n) is 19.3. The van der Waals surface area contributed by atoms with Crippen LogP contribution in [-0.2, 0) is 38.9 Å². The minimum Gasteiger partial charge on any atom is -0.317 e. The molecule has 3 fully saturated rings. The third kappa shape index (κ3) is 17.7. The first-order chi connectivity index (χ1) is 51.0. The molecule has 534 valence electrons. The molecule has 0 aliphatic carbocycles. The van der Waals surface area contributed by atoms with Gasteiger partial charge in [0.15, 0.2) is 15.4 Å². The molecule has 6 aromatic carbocycles. The van der Waals surface area contributed by atoms with Gasteiger partial charge in [0.1, 0.15) is 0 Å². The summed E-state index contributed by atoms with van der Waals surface area (Å²) >= 11 is 4.60. The van der Waals surface area contributed by atoms with Gasteiger partial charge in [0.05, 0.1) is 70.1 Å². The number of likely N-dealkylation sites (N-methyl/N-ethyl adjacent to an activating group) is 3. The maximum atomic E-state index is 13.0. The molecule has 15 rings (SSSR count). The number of rotatable bonds is 12. The Morgan fingerprint density at radius 2 is 0.667 bits per heavy atom. The van der Waals surface area contributed by atoms with E-state index in [2.05, 4.69) is 101 Å². The van der Waals surface area contributed by atoms with Crippen molar-refractivity contribution in [1.29, 1.82) is 15.8 Å². The highest BCUT2D eigenvalue weighted by Gasteiger charge is 2.34. The van der Waals surface area contributed by atoms with E-state index in [1.54, 1.807) is 106 Å². The Balaban J connectivity index is 0.000000140. The summed E-state index contributed by atoms with van der Waals surface area (Å²) in [5, 5.41) is 46.8. The molecule has 3 aromatic heterocycles. The lowest BCUT2D eigenvalue weighted by atomic mass is 10.0. The highest BCUT2D eigenvalue weighted by Crippen LogP contribution is 2.38. The number of nitriles is 3. The molecule has 3 atom stereocenters. The highest BCUT2D eigenvalue weighted by atomic mass is 32.1. The van der Waals surface area contributed by atoms with Gasteiger partial charge in [-0.3, -0.25) is 30.3 Å². The SMILES string of the molecule is CN1CCc2nc(NC(=O)c3cccc(C4CCCN4C(=O)Nc4cccc(C#N)c4)c3)sc2C1.CN1CCc2nc(NC(=O)c3cccc([C@@H]4CCCN4C(=O)Nc4cccc(C#N)c4)c3)sc2C1.CN1CCc2nc(NC(=O)c3cccc([C@H]4CCCN4C(=O)Nc4cccc(C#N)c4)c3)sc2C1. The fourth-order valence-electron chi connectivity index (χ4n) is 14.0. The third-order valence-corrected chi connectivity index (χ3v) is 22.3. The number of nitrogens with one attached hydrogen (secondary N) is 6. The second-order valence-corrected chi connectivity index (χ2v) is 30.0. The van der Waals surface area contributed by atoms with Crippen LogP contribution >= 0.6 is 34.0 Å². The number of aromatic nitrogens is 3. The first-order valence-electron chi connectivity index (χ1n) is 35.0. The molecule has 9 aromatic rings. The second kappa shape index (κ2) is 33.0. The lowest BCUT2D eigenvalue weighted by Crippen LogP contribution is -2.34. The summed E-state index contributed by atoms with van der Waals surface area (Å²) in [7, 11) is 6.26. The molecule has 24 nitrogen and oxygen atoms in total. The Morgan fingerprint density at radius 1 is 0.381 bits per heavy atom. The number of hydrogen-bond acceptors (Lipinski definition) is 18. The molecule has 0 saturated carbocycles. The number of hydrogen-bond donors (Lipinski definition) is 6. The van der Waals surface area contributed by atoms with Crippen molar-refractivity contribution < 1.29 is 28.8 Å². The number of benzene rings is 6. The van der Waals surface area contributed by atoms with Gasteiger partial charge in [-0.2, -0.15) is 15.8 Å². The summed E-state index contributed by atoms with van der Waals surface area (Å²) < 4.78 is 0. The summed E-state index contributed by atoms with van der Waals surface area (Å²) in [5.74, 6) is -0.601. The molecular weight excluding hydrogens is 1380 g/mol. The van der Waals surface area contributed by atoms with Gasteiger partial charge >= 0.3 is 18.1 Å². The van der Waals surface area contributed by atoms with Gasteiger partial charge in [-0.1, -0.05) is 54.6 Å². The van der Waals surface area contributed by atoms with E-state index in [0.29, 0.717) is 85.5 Å². The molecule has 9 amide bonds. The van der Waals surface area contributed by atoms with Crippen LogP contribution in [0.3, 0.4) is 0 Å². The van der Waals surface area contributed by atoms with E-state index in [9.17, 15) is 28.8 Å². The molecule has 27 heteroatoms. The zero-order chi connectivity index (χ0) is 73.1. The Morgan fingerprint density at radius 3 is 0.952 bits per heavy atom. The smallest absolute Gasteiger partial charge is 0.317 e. The van der Waals surface area contributed by atoms with Crippen molar-refractivity contribution in [2.45, 2.75) is 95.5 Å². The van der Waals surface area contributed by atoms with Crippen molar-refractivity contribution in [3.8, 4) is 18.2 Å². The van der Waals surface area contributed by atoms with E-state index in [4.69, 9.17) is 15.8 Å². The average molecular weight is 1460 g/mol. The Kier molecular flexibility index (Phi) is 22.7. The summed E-state index contributed by atoms with van der Waals surface area (Å²) in [4.78, 5) is 108. The molecule has 1 unspecified atom stereocenters. The Labute approximate surface area is 620 Å². The number of thiazole rings is 3. The molecule has 0 bridgehead atoms. The van der Waals surface area contributed by atoms with Crippen LogP contribution in [-0.4, -0.2) is 141 Å². The largest absolute Gasteiger partial charge is 0.322 e. The van der Waals surface area contributed by atoms with Gasteiger partial charge < -0.3 is 45.3 Å². The first-order valence-corrected chi connectivity index (χ1v) is 37.4. The molecular formula is C78H78N18O6S3. The number of amides is 9. The molecule has 9 heterocycles. The normalized spacial score (nSPS) is 17.5. The van der Waals surface area contributed by atoms with Gasteiger partial charge in [0.25, 0.3) is 17.7 Å². The molecule has 6 aliphatic heterocycles. The fourth-order valence-corrected chi connectivity index (χ4v) is 17.2. The molecule has 105 heavy (non-hydrogen) atoms. The number of nitrogens with zero attached hydrogens (tertiary/aromatic N) is 12. The maximum absolute atomic E-state index is 13.0. The van der Waals surface area contributed by atoms with E-state index in [-0.39, 0.29) is 53.9 Å². The van der Waals surface area contributed by atoms with Crippen LogP contribution in [0.5, 0.6) is 0 Å². The standard InChI is InChI=1S/3C26H26N6O2S/c3*1-31-12-10-21-23(16-31)35-25(29-21)30-24(33)19-7-3-6-18(14-19)22-9-4-11-32(22)26(34)28-20-8-2-5-17(13-20)15-27/h3*2-3,5-8,13-14,22H,4,9-12,16H2,1H3,(H,28,34)(H,29,30,33)/t2*22-;/m10./s1. The van der Waals surface area contributed by atoms with Crippen LogP contribution in [0.1, 0.15) is 153 Å². The van der Waals surface area contributed by atoms with Crippen LogP contribution in [0, 0.1) is 34.0 Å². The number of likely N-dealkylation sites (tertiary alicyclic amines) is 3. The second-order valence-electron chi connectivity index (χ2n) is 26.8. The van der Waals surface area contributed by atoms with E-state index in [1.165, 1.54) is 48.6 Å². The predicted molar refractivity (Wildman–Crippen MR) is 406 cm³/mol. The molecule has 3 saturated heterocycles. The van der Waals surface area contributed by atoms with Crippen LogP contribution in [0.15, 0.2) is 146 Å². The summed E-state index contributed by atoms with van der Waals surface area (Å²) in [6.07, 6.45) is 7.80. The first kappa shape index (κ1) is 72.1. The average Bonchev–Trinajstić information content (AvgIpc) is 1.78. The van der Waals surface area contributed by atoms with Crippen LogP contribution in [0.4, 0.5) is 46.8 Å². The highest BCUT2D eigenvalue weighted by molar-refractivity contribution is 7.16. The monoisotopic (exact) mass is 1460 g/mol. The summed E-state index contributed by atoms with van der Waals surface area (Å²) in [6, 6.07) is 48.3. The van der Waals surface area contributed by atoms with Crippen molar-refractivity contribution in [2.75, 3.05) is 92.3 Å². The van der Waals surface area contributed by atoms with Crippen LogP contribution in [0.25, 0.3) is 0 Å². The van der Waals surface area contributed by atoms with Gasteiger partial charge in [-0.25, -0.2) is 29.3 Å². The van der Waals surface area contributed by atoms with Crippen molar-refractivity contribution >= 4 is 102 Å². The Bertz CT molecular complexity index is 4420. The van der Waals surface area contributed by atoms with Crippen LogP contribution in [0.2, 0.25) is 0 Å². The predicted octanol–water partition coefficient (Wildman–Crippen LogP) is 13.9. The number of carbonyl (C=O) groups is 6. The van der Waals surface area contributed by atoms with Gasteiger partial charge in [0, 0.05) is 127 Å². The van der Waals surface area contributed by atoms with Crippen molar-refractivity contribution in [2.24, 2.45) is 0 Å². The van der Waals surface area contributed by atoms with E-state index in [0.717, 1.165) is 131 Å². The van der Waals surface area contributed by atoms with E-state index in [1.807, 2.05) is 54.6 Å². The summed E-state index contributed by atoms with van der Waals surface area (Å²) in [5.41, 5.74) is 10.9. The minimum atomic E-state index is -0.212. The van der Waals surface area contributed by atoms with Gasteiger partial charge in [0.2, 0.25) is 0 Å². The van der Waals surface area contributed by atoms with Crippen molar-refractivity contribution in [1.82, 2.24) is 44.4 Å². The zero-order valence-electron chi connectivity index (χ0n) is 58.4. The Hall–Kier alpha value is -11.2. The molecule has 6 N–H and O–H groups in total. The van der Waals surface area contributed by atoms with Crippen molar-refractivity contribution in [3.63, 3.8) is 0 Å². The quantitative estimate of drug-likeness (QED) is 0.0662. The fraction of sp³-hybridized carbons (Fsp3) is 0.308. The van der Waals surface area contributed by atoms with Gasteiger partial charge in [-0.15, -0.1) is 34.0 Å². The van der Waals surface area contributed by atoms with Gasteiger partial charge in [-0.05, 0) is 167 Å². The van der Waals surface area contributed by atoms with E-state index < -0.39 is 0 Å². The minimum absolute atomic E-state index is 0.121. The number of carbonyl (C=O) groups excluding carboxylic acids is 6. The number of anilines is 6. The maximum Gasteiger partial charge on any atom is 0.322 e. The number of urea groups is 3. The lowest BCUT2D eigenvalue weighted by Gasteiger charge is -2.25. The van der Waals surface area contributed by atoms with Crippen LogP contribution < -0.4 is 31.9 Å². The van der Waals surface area contributed by atoms with E-state index >= 15 is 0 Å². The zero-order valence-corrected chi connectivity index (χ0v) is 60.8. The molecule has 6 aliphatic rings. The lowest BCUT2D eigenvalue weighted by molar-refractivity contribution is 0.101.